The van der Waals surface area contributed by atoms with Crippen molar-refractivity contribution in [2.75, 3.05) is 11.9 Å². The molecule has 3 aliphatic rings. The zero-order valence-electron chi connectivity index (χ0n) is 18.4. The summed E-state index contributed by atoms with van der Waals surface area (Å²) in [6.45, 7) is 1.92. The molecule has 0 radical (unpaired) electrons. The van der Waals surface area contributed by atoms with Gasteiger partial charge in [0.1, 0.15) is 5.75 Å². The molecular formula is C26H26N2O3S2. The molecule has 2 fully saturated rings. The Hall–Kier alpha value is -2.51. The van der Waals surface area contributed by atoms with Crippen LogP contribution in [0.4, 0.5) is 5.69 Å². The molecule has 7 heteroatoms. The van der Waals surface area contributed by atoms with Crippen molar-refractivity contribution in [1.82, 2.24) is 4.98 Å². The molecule has 2 aromatic carbocycles. The molecule has 2 bridgehead atoms. The van der Waals surface area contributed by atoms with Crippen molar-refractivity contribution >= 4 is 34.7 Å². The minimum atomic E-state index is -0.178. The van der Waals surface area contributed by atoms with Crippen LogP contribution in [-0.2, 0) is 4.79 Å². The molecule has 3 aromatic rings. The number of carbonyl (C=O) groups is 1. The number of thioether (sulfide) groups is 1. The normalized spacial score (nSPS) is 27.1. The Kier molecular flexibility index (Phi) is 5.34. The summed E-state index contributed by atoms with van der Waals surface area (Å²) in [5.74, 6) is 2.64. The number of anilines is 1. The van der Waals surface area contributed by atoms with Crippen molar-refractivity contribution in [2.45, 2.75) is 42.4 Å². The van der Waals surface area contributed by atoms with Crippen LogP contribution in [0.15, 0.2) is 58.4 Å². The van der Waals surface area contributed by atoms with Crippen LogP contribution in [0.3, 0.4) is 0 Å². The van der Waals surface area contributed by atoms with Gasteiger partial charge in [-0.25, -0.2) is 0 Å². The Morgan fingerprint density at radius 3 is 2.79 bits per heavy atom. The topological polar surface area (TPSA) is 71.2 Å². The predicted molar refractivity (Wildman–Crippen MR) is 132 cm³/mol. The fraction of sp³-hybridized carbons (Fsp3) is 0.385. The van der Waals surface area contributed by atoms with Gasteiger partial charge in [0, 0.05) is 27.3 Å². The molecule has 2 aliphatic carbocycles. The maximum absolute atomic E-state index is 12.6. The van der Waals surface area contributed by atoms with Gasteiger partial charge in [0.15, 0.2) is 6.61 Å². The molecule has 2 N–H and O–H groups in total. The molecular weight excluding hydrogens is 452 g/mol. The van der Waals surface area contributed by atoms with E-state index >= 15 is 0 Å². The minimum Gasteiger partial charge on any atom is -0.483 e. The summed E-state index contributed by atoms with van der Waals surface area (Å²) in [7, 11) is 0. The number of ether oxygens (including phenoxy) is 1. The lowest BCUT2D eigenvalue weighted by atomic mass is 9.74. The number of amides is 1. The van der Waals surface area contributed by atoms with E-state index < -0.39 is 0 Å². The zero-order chi connectivity index (χ0) is 22.5. The van der Waals surface area contributed by atoms with Crippen LogP contribution in [0.1, 0.15) is 41.2 Å². The van der Waals surface area contributed by atoms with E-state index in [0.717, 1.165) is 38.4 Å². The van der Waals surface area contributed by atoms with Gasteiger partial charge >= 0.3 is 4.87 Å². The van der Waals surface area contributed by atoms with Crippen LogP contribution >= 0.6 is 23.1 Å². The highest BCUT2D eigenvalue weighted by Gasteiger charge is 2.55. The van der Waals surface area contributed by atoms with E-state index in [1.165, 1.54) is 30.6 Å². The van der Waals surface area contributed by atoms with Crippen LogP contribution in [-0.4, -0.2) is 22.7 Å². The second-order valence-corrected chi connectivity index (χ2v) is 11.6. The van der Waals surface area contributed by atoms with Crippen LogP contribution < -0.4 is 14.9 Å². The number of rotatable bonds is 5. The average molecular weight is 479 g/mol. The molecule has 1 aliphatic heterocycles. The maximum atomic E-state index is 12.6. The van der Waals surface area contributed by atoms with Gasteiger partial charge in [-0.2, -0.15) is 0 Å². The SMILES string of the molecule is Cc1ccccc1NC(=O)COc1ccccc1[C@H]1c2sc(=O)[nH]c2SC2C3CCC(C3)C21. The molecule has 5 nitrogen and oxygen atoms in total. The minimum absolute atomic E-state index is 0.0147. The highest BCUT2D eigenvalue weighted by molar-refractivity contribution is 8.00. The Labute approximate surface area is 201 Å². The maximum Gasteiger partial charge on any atom is 0.305 e. The van der Waals surface area contributed by atoms with E-state index in [2.05, 4.69) is 16.4 Å². The van der Waals surface area contributed by atoms with Crippen molar-refractivity contribution in [3.8, 4) is 5.75 Å². The largest absolute Gasteiger partial charge is 0.483 e. The van der Waals surface area contributed by atoms with Gasteiger partial charge in [0.2, 0.25) is 0 Å². The molecule has 5 atom stereocenters. The fourth-order valence-corrected chi connectivity index (χ4v) is 8.99. The summed E-state index contributed by atoms with van der Waals surface area (Å²) in [6, 6.07) is 15.8. The molecule has 33 heavy (non-hydrogen) atoms. The van der Waals surface area contributed by atoms with Gasteiger partial charge < -0.3 is 15.0 Å². The number of benzene rings is 2. The quantitative estimate of drug-likeness (QED) is 0.514. The van der Waals surface area contributed by atoms with Crippen LogP contribution in [0.25, 0.3) is 0 Å². The van der Waals surface area contributed by atoms with Gasteiger partial charge in [0.05, 0.1) is 5.03 Å². The van der Waals surface area contributed by atoms with E-state index in [9.17, 15) is 9.59 Å². The van der Waals surface area contributed by atoms with Crippen molar-refractivity contribution in [3.63, 3.8) is 0 Å². The summed E-state index contributed by atoms with van der Waals surface area (Å²) in [4.78, 5) is 29.2. The molecule has 1 aromatic heterocycles. The third-order valence-corrected chi connectivity index (χ3v) is 10.1. The lowest BCUT2D eigenvalue weighted by molar-refractivity contribution is -0.118. The molecule has 0 spiro atoms. The molecule has 1 amide bonds. The van der Waals surface area contributed by atoms with Crippen molar-refractivity contribution in [2.24, 2.45) is 17.8 Å². The number of aromatic nitrogens is 1. The van der Waals surface area contributed by atoms with E-state index in [1.807, 2.05) is 61.2 Å². The number of carbonyl (C=O) groups excluding carboxylic acids is 1. The Bertz CT molecular complexity index is 1270. The standard InChI is InChI=1S/C26H26N2O3S2/c1-14-6-2-4-8-18(14)27-20(29)13-31-19-9-5-3-7-17(19)22-21-15-10-11-16(12-15)23(21)32-25-24(22)33-26(30)28-25/h2-9,15-16,21-23H,10-13H2,1H3,(H,27,29)(H,28,30)/t15?,16?,21?,22-,23?/m1/s1. The van der Waals surface area contributed by atoms with Gasteiger partial charge in [-0.15, -0.1) is 11.8 Å². The summed E-state index contributed by atoms with van der Waals surface area (Å²) in [5, 5.41) is 4.53. The molecule has 2 heterocycles. The zero-order valence-corrected chi connectivity index (χ0v) is 20.0. The molecule has 4 unspecified atom stereocenters. The summed E-state index contributed by atoms with van der Waals surface area (Å²) in [6.07, 6.45) is 3.87. The number of fused-ring (bicyclic) bond motifs is 6. The molecule has 170 valence electrons. The lowest BCUT2D eigenvalue weighted by Gasteiger charge is -2.40. The first-order valence-corrected chi connectivity index (χ1v) is 13.2. The number of hydrogen-bond donors (Lipinski definition) is 2. The first-order chi connectivity index (χ1) is 16.1. The fourth-order valence-electron chi connectivity index (χ4n) is 6.11. The van der Waals surface area contributed by atoms with Crippen LogP contribution in [0.5, 0.6) is 5.75 Å². The number of thiazole rings is 1. The van der Waals surface area contributed by atoms with Crippen LogP contribution in [0.2, 0.25) is 0 Å². The number of aromatic amines is 1. The predicted octanol–water partition coefficient (Wildman–Crippen LogP) is 5.41. The second kappa shape index (κ2) is 8.37. The molecule has 2 saturated carbocycles. The third kappa shape index (κ3) is 3.71. The van der Waals surface area contributed by atoms with Crippen molar-refractivity contribution in [3.05, 3.63) is 74.2 Å². The van der Waals surface area contributed by atoms with Crippen molar-refractivity contribution in [1.29, 1.82) is 0 Å². The third-order valence-electron chi connectivity index (χ3n) is 7.50. The van der Waals surface area contributed by atoms with Gasteiger partial charge in [0.25, 0.3) is 5.91 Å². The molecule has 0 saturated heterocycles. The van der Waals surface area contributed by atoms with Gasteiger partial charge in [-0.3, -0.25) is 9.59 Å². The monoisotopic (exact) mass is 478 g/mol. The highest BCUT2D eigenvalue weighted by Crippen LogP contribution is 2.64. The van der Waals surface area contributed by atoms with E-state index in [0.29, 0.717) is 17.1 Å². The first-order valence-electron chi connectivity index (χ1n) is 11.6. The Morgan fingerprint density at radius 1 is 1.12 bits per heavy atom. The van der Waals surface area contributed by atoms with Crippen molar-refractivity contribution < 1.29 is 9.53 Å². The van der Waals surface area contributed by atoms with E-state index in [-0.39, 0.29) is 23.3 Å². The Morgan fingerprint density at radius 2 is 1.91 bits per heavy atom. The summed E-state index contributed by atoms with van der Waals surface area (Å²) >= 11 is 3.23. The second-order valence-electron chi connectivity index (χ2n) is 9.37. The highest BCUT2D eigenvalue weighted by atomic mass is 32.2. The average Bonchev–Trinajstić information content (AvgIpc) is 3.52. The Balaban J connectivity index is 1.29. The smallest absolute Gasteiger partial charge is 0.305 e. The van der Waals surface area contributed by atoms with E-state index in [1.54, 1.807) is 0 Å². The summed E-state index contributed by atoms with van der Waals surface area (Å²) in [5.41, 5.74) is 2.92. The number of aryl methyl sites for hydroxylation is 1. The van der Waals surface area contributed by atoms with Gasteiger partial charge in [-0.1, -0.05) is 47.7 Å². The number of para-hydroxylation sites is 2. The summed E-state index contributed by atoms with van der Waals surface area (Å²) < 4.78 is 6.11. The lowest BCUT2D eigenvalue weighted by Crippen LogP contribution is -2.34. The van der Waals surface area contributed by atoms with Gasteiger partial charge in [-0.05, 0) is 61.6 Å². The van der Waals surface area contributed by atoms with E-state index in [4.69, 9.17) is 4.74 Å². The number of hydrogen-bond acceptors (Lipinski definition) is 5. The first kappa shape index (κ1) is 21.1. The number of nitrogens with one attached hydrogen (secondary N) is 2. The number of H-pyrrole nitrogens is 1. The van der Waals surface area contributed by atoms with Crippen LogP contribution in [0, 0.1) is 24.7 Å². The molecule has 6 rings (SSSR count).